The maximum atomic E-state index is 14.4. The Kier molecular flexibility index (Phi) is 7.20. The van der Waals surface area contributed by atoms with Crippen LogP contribution in [0.2, 0.25) is 5.02 Å². The Hall–Kier alpha value is -3.04. The topological polar surface area (TPSA) is 93.3 Å². The van der Waals surface area contributed by atoms with Crippen molar-refractivity contribution in [2.45, 2.75) is 38.3 Å². The SMILES string of the molecule is O=C(NCc1ccc(F)c(Cl)c1)c1nc2ccc(F)c(OCCC3CCCCO3)c2c(=O)[nH]1. The zero-order valence-corrected chi connectivity index (χ0v) is 18.4. The minimum absolute atomic E-state index is 0.0433. The van der Waals surface area contributed by atoms with Crippen molar-refractivity contribution >= 4 is 28.4 Å². The summed E-state index contributed by atoms with van der Waals surface area (Å²) in [4.78, 5) is 31.7. The molecule has 3 aromatic rings. The molecule has 1 aliphatic heterocycles. The maximum absolute atomic E-state index is 14.4. The number of nitrogens with one attached hydrogen (secondary N) is 2. The standard InChI is InChI=1S/C23H22ClF2N3O4/c24-15-11-13(4-5-16(15)25)12-27-23(31)21-28-18-7-6-17(26)20(19(18)22(30)29-21)33-10-8-14-3-1-2-9-32-14/h4-7,11,14H,1-3,8-10,12H2,(H,27,31)(H,28,29,30). The maximum Gasteiger partial charge on any atom is 0.287 e. The second-order valence-corrected chi connectivity index (χ2v) is 8.15. The highest BCUT2D eigenvalue weighted by Crippen LogP contribution is 2.26. The summed E-state index contributed by atoms with van der Waals surface area (Å²) in [6, 6.07) is 6.51. The lowest BCUT2D eigenvalue weighted by molar-refractivity contribution is 0.00391. The molecule has 1 atom stereocenters. The second kappa shape index (κ2) is 10.3. The largest absolute Gasteiger partial charge is 0.489 e. The molecule has 0 spiro atoms. The normalized spacial score (nSPS) is 16.0. The molecule has 1 saturated heterocycles. The molecule has 0 aliphatic carbocycles. The molecule has 1 unspecified atom stereocenters. The van der Waals surface area contributed by atoms with Gasteiger partial charge in [0.05, 0.1) is 23.3 Å². The third-order valence-corrected chi connectivity index (χ3v) is 5.68. The fraction of sp³-hybridized carbons (Fsp3) is 0.348. The first kappa shape index (κ1) is 23.1. The number of hydrogen-bond donors (Lipinski definition) is 2. The van der Waals surface area contributed by atoms with Crippen molar-refractivity contribution in [3.63, 3.8) is 0 Å². The Morgan fingerprint density at radius 1 is 1.24 bits per heavy atom. The number of benzene rings is 2. The van der Waals surface area contributed by atoms with Crippen LogP contribution >= 0.6 is 11.6 Å². The van der Waals surface area contributed by atoms with Crippen LogP contribution in [-0.4, -0.2) is 35.2 Å². The Labute approximate surface area is 193 Å². The first-order valence-corrected chi connectivity index (χ1v) is 11.0. The summed E-state index contributed by atoms with van der Waals surface area (Å²) in [7, 11) is 0. The molecular formula is C23H22ClF2N3O4. The van der Waals surface area contributed by atoms with E-state index in [1.54, 1.807) is 0 Å². The van der Waals surface area contributed by atoms with Gasteiger partial charge in [-0.15, -0.1) is 0 Å². The van der Waals surface area contributed by atoms with Crippen LogP contribution in [0.1, 0.15) is 41.9 Å². The van der Waals surface area contributed by atoms with E-state index in [-0.39, 0.29) is 46.8 Å². The van der Waals surface area contributed by atoms with Gasteiger partial charge in [-0.2, -0.15) is 0 Å². The van der Waals surface area contributed by atoms with E-state index in [1.165, 1.54) is 24.3 Å². The van der Waals surface area contributed by atoms with Crippen LogP contribution in [0, 0.1) is 11.6 Å². The Balaban J connectivity index is 1.49. The highest BCUT2D eigenvalue weighted by molar-refractivity contribution is 6.30. The molecule has 1 fully saturated rings. The molecule has 7 nitrogen and oxygen atoms in total. The molecular weight excluding hydrogens is 456 g/mol. The molecule has 174 valence electrons. The molecule has 1 amide bonds. The molecule has 0 saturated carbocycles. The van der Waals surface area contributed by atoms with Gasteiger partial charge in [0.15, 0.2) is 17.4 Å². The van der Waals surface area contributed by atoms with E-state index < -0.39 is 23.1 Å². The van der Waals surface area contributed by atoms with Crippen LogP contribution in [0.25, 0.3) is 10.9 Å². The van der Waals surface area contributed by atoms with E-state index in [2.05, 4.69) is 15.3 Å². The van der Waals surface area contributed by atoms with Crippen LogP contribution in [0.5, 0.6) is 5.75 Å². The summed E-state index contributed by atoms with van der Waals surface area (Å²) in [5.41, 5.74) is -0.00461. The first-order chi connectivity index (χ1) is 15.9. The van der Waals surface area contributed by atoms with Gasteiger partial charge in [-0.05, 0) is 49.1 Å². The molecule has 0 radical (unpaired) electrons. The van der Waals surface area contributed by atoms with Gasteiger partial charge in [-0.3, -0.25) is 9.59 Å². The van der Waals surface area contributed by atoms with Crippen LogP contribution in [0.15, 0.2) is 35.1 Å². The van der Waals surface area contributed by atoms with E-state index in [9.17, 15) is 18.4 Å². The molecule has 2 N–H and O–H groups in total. The molecule has 33 heavy (non-hydrogen) atoms. The quantitative estimate of drug-likeness (QED) is 0.534. The minimum Gasteiger partial charge on any atom is -0.489 e. The number of carbonyl (C=O) groups is 1. The van der Waals surface area contributed by atoms with Crippen LogP contribution in [0.3, 0.4) is 0 Å². The summed E-state index contributed by atoms with van der Waals surface area (Å²) < 4.78 is 39.0. The highest BCUT2D eigenvalue weighted by atomic mass is 35.5. The Morgan fingerprint density at radius 2 is 2.06 bits per heavy atom. The molecule has 2 aromatic carbocycles. The lowest BCUT2D eigenvalue weighted by Gasteiger charge is -2.22. The molecule has 1 aliphatic rings. The molecule has 1 aromatic heterocycles. The van der Waals surface area contributed by atoms with Gasteiger partial charge in [0.25, 0.3) is 11.5 Å². The number of aromatic amines is 1. The highest BCUT2D eigenvalue weighted by Gasteiger charge is 2.19. The van der Waals surface area contributed by atoms with E-state index in [0.717, 1.165) is 25.3 Å². The lowest BCUT2D eigenvalue weighted by Crippen LogP contribution is -2.28. The number of fused-ring (bicyclic) bond motifs is 1. The van der Waals surface area contributed by atoms with Crippen molar-refractivity contribution in [1.29, 1.82) is 0 Å². The predicted molar refractivity (Wildman–Crippen MR) is 119 cm³/mol. The Morgan fingerprint density at radius 3 is 2.82 bits per heavy atom. The zero-order chi connectivity index (χ0) is 23.4. The van der Waals surface area contributed by atoms with Crippen molar-refractivity contribution in [2.24, 2.45) is 0 Å². The summed E-state index contributed by atoms with van der Waals surface area (Å²) in [5.74, 6) is -2.36. The molecule has 2 heterocycles. The molecule has 10 heteroatoms. The van der Waals surface area contributed by atoms with Crippen LogP contribution in [-0.2, 0) is 11.3 Å². The third-order valence-electron chi connectivity index (χ3n) is 5.39. The molecule has 0 bridgehead atoms. The fourth-order valence-corrected chi connectivity index (χ4v) is 3.87. The number of aromatic nitrogens is 2. The average molecular weight is 478 g/mol. The third kappa shape index (κ3) is 5.48. The van der Waals surface area contributed by atoms with Gasteiger partial charge in [-0.1, -0.05) is 17.7 Å². The number of amides is 1. The number of halogens is 3. The molecule has 4 rings (SSSR count). The van der Waals surface area contributed by atoms with E-state index in [4.69, 9.17) is 21.1 Å². The predicted octanol–water partition coefficient (Wildman–Crippen LogP) is 4.12. The fourth-order valence-electron chi connectivity index (χ4n) is 3.67. The van der Waals surface area contributed by atoms with Crippen LogP contribution < -0.4 is 15.6 Å². The first-order valence-electron chi connectivity index (χ1n) is 10.6. The van der Waals surface area contributed by atoms with Gasteiger partial charge < -0.3 is 19.8 Å². The van der Waals surface area contributed by atoms with Gasteiger partial charge >= 0.3 is 0 Å². The average Bonchev–Trinajstić information content (AvgIpc) is 2.81. The lowest BCUT2D eigenvalue weighted by atomic mass is 10.1. The number of ether oxygens (including phenoxy) is 2. The van der Waals surface area contributed by atoms with E-state index >= 15 is 0 Å². The minimum atomic E-state index is -0.696. The van der Waals surface area contributed by atoms with Crippen molar-refractivity contribution in [3.8, 4) is 5.75 Å². The van der Waals surface area contributed by atoms with Crippen LogP contribution in [0.4, 0.5) is 8.78 Å². The number of hydrogen-bond acceptors (Lipinski definition) is 5. The van der Waals surface area contributed by atoms with Crippen molar-refractivity contribution < 1.29 is 23.0 Å². The number of carbonyl (C=O) groups excluding carboxylic acids is 1. The number of nitrogens with zero attached hydrogens (tertiary/aromatic N) is 1. The van der Waals surface area contributed by atoms with Gasteiger partial charge in [0.1, 0.15) is 11.2 Å². The van der Waals surface area contributed by atoms with Gasteiger partial charge in [-0.25, -0.2) is 13.8 Å². The smallest absolute Gasteiger partial charge is 0.287 e. The Bertz CT molecular complexity index is 1230. The summed E-state index contributed by atoms with van der Waals surface area (Å²) in [6.07, 6.45) is 3.67. The zero-order valence-electron chi connectivity index (χ0n) is 17.6. The van der Waals surface area contributed by atoms with Gasteiger partial charge in [0.2, 0.25) is 0 Å². The number of rotatable bonds is 7. The van der Waals surface area contributed by atoms with Crippen molar-refractivity contribution in [1.82, 2.24) is 15.3 Å². The van der Waals surface area contributed by atoms with Gasteiger partial charge in [0, 0.05) is 19.6 Å². The second-order valence-electron chi connectivity index (χ2n) is 7.74. The van der Waals surface area contributed by atoms with E-state index in [0.29, 0.717) is 18.6 Å². The van der Waals surface area contributed by atoms with Crippen molar-refractivity contribution in [2.75, 3.05) is 13.2 Å². The number of H-pyrrole nitrogens is 1. The summed E-state index contributed by atoms with van der Waals surface area (Å²) >= 11 is 5.74. The van der Waals surface area contributed by atoms with E-state index in [1.807, 2.05) is 0 Å². The summed E-state index contributed by atoms with van der Waals surface area (Å²) in [6.45, 7) is 0.931. The summed E-state index contributed by atoms with van der Waals surface area (Å²) in [5, 5.41) is 2.44. The van der Waals surface area contributed by atoms with Crippen molar-refractivity contribution in [3.05, 3.63) is 68.7 Å². The monoisotopic (exact) mass is 477 g/mol.